The van der Waals surface area contributed by atoms with E-state index in [1.165, 1.54) is 12.8 Å². The van der Waals surface area contributed by atoms with Crippen molar-refractivity contribution in [3.05, 3.63) is 30.0 Å². The van der Waals surface area contributed by atoms with Crippen molar-refractivity contribution in [2.24, 2.45) is 13.0 Å². The number of ether oxygens (including phenoxy) is 2. The minimum Gasteiger partial charge on any atom is -0.497 e. The molecule has 3 aliphatic heterocycles. The second-order valence-electron chi connectivity index (χ2n) is 7.81. The number of amides is 1. The van der Waals surface area contributed by atoms with Crippen LogP contribution in [-0.4, -0.2) is 73.3 Å². The van der Waals surface area contributed by atoms with Gasteiger partial charge in [0, 0.05) is 57.8 Å². The Balaban J connectivity index is 1.58. The number of methoxy groups -OCH3 is 2. The monoisotopic (exact) mass is 371 g/mol. The summed E-state index contributed by atoms with van der Waals surface area (Å²) >= 11 is 0. The quantitative estimate of drug-likeness (QED) is 0.810. The third-order valence-corrected chi connectivity index (χ3v) is 6.17. The molecule has 5 rings (SSSR count). The summed E-state index contributed by atoms with van der Waals surface area (Å²) in [6.45, 7) is 4.44. The molecule has 0 saturated carbocycles. The van der Waals surface area contributed by atoms with Gasteiger partial charge in [-0.05, 0) is 37.0 Å². The number of rotatable bonds is 5. The molecule has 3 aliphatic rings. The number of carbonyl (C=O) groups is 1. The van der Waals surface area contributed by atoms with Crippen molar-refractivity contribution < 1.29 is 14.3 Å². The van der Waals surface area contributed by atoms with Crippen LogP contribution in [0.25, 0.3) is 10.9 Å². The molecule has 6 nitrogen and oxygen atoms in total. The largest absolute Gasteiger partial charge is 0.497 e. The standard InChI is InChI=1S/C21H29N3O3/c1-22-19-11-18(27-3)7-5-16(19)10-20(22)21(25)24-13-15-4-6-17(14-24)23(12-15)8-9-26-2/h5,7,10-11,15,17H,4,6,8-9,12-14H2,1-3H3/t15-,17-/m0/s1. The van der Waals surface area contributed by atoms with Gasteiger partial charge in [-0.25, -0.2) is 0 Å². The number of hydrogen-bond acceptors (Lipinski definition) is 4. The molecular weight excluding hydrogens is 342 g/mol. The van der Waals surface area contributed by atoms with Crippen LogP contribution in [0.2, 0.25) is 0 Å². The van der Waals surface area contributed by atoms with Crippen molar-refractivity contribution in [2.75, 3.05) is 47.0 Å². The first-order chi connectivity index (χ1) is 13.1. The molecule has 1 aromatic heterocycles. The number of hydrogen-bond donors (Lipinski definition) is 0. The van der Waals surface area contributed by atoms with Gasteiger partial charge >= 0.3 is 0 Å². The van der Waals surface area contributed by atoms with Gasteiger partial charge in [-0.2, -0.15) is 0 Å². The first-order valence-electron chi connectivity index (χ1n) is 9.76. The Labute approximate surface area is 160 Å². The fourth-order valence-corrected chi connectivity index (χ4v) is 4.63. The maximum Gasteiger partial charge on any atom is 0.270 e. The molecule has 2 aromatic rings. The van der Waals surface area contributed by atoms with E-state index in [1.807, 2.05) is 35.9 Å². The maximum atomic E-state index is 13.4. The predicted molar refractivity (Wildman–Crippen MR) is 105 cm³/mol. The topological polar surface area (TPSA) is 46.9 Å². The summed E-state index contributed by atoms with van der Waals surface area (Å²) in [7, 11) is 5.38. The number of aryl methyl sites for hydroxylation is 1. The van der Waals surface area contributed by atoms with Gasteiger partial charge in [-0.1, -0.05) is 0 Å². The molecule has 27 heavy (non-hydrogen) atoms. The Morgan fingerprint density at radius 3 is 2.78 bits per heavy atom. The summed E-state index contributed by atoms with van der Waals surface area (Å²) in [4.78, 5) is 17.9. The highest BCUT2D eigenvalue weighted by molar-refractivity contribution is 5.99. The first kappa shape index (κ1) is 18.3. The van der Waals surface area contributed by atoms with Crippen LogP contribution in [0, 0.1) is 5.92 Å². The van der Waals surface area contributed by atoms with Crippen molar-refractivity contribution in [1.29, 1.82) is 0 Å². The van der Waals surface area contributed by atoms with E-state index in [0.717, 1.165) is 55.1 Å². The molecular formula is C21H29N3O3. The lowest BCUT2D eigenvalue weighted by atomic mass is 9.95. The molecule has 2 bridgehead atoms. The molecule has 0 spiro atoms. The van der Waals surface area contributed by atoms with E-state index in [0.29, 0.717) is 12.0 Å². The predicted octanol–water partition coefficient (Wildman–Crippen LogP) is 2.37. The van der Waals surface area contributed by atoms with Gasteiger partial charge < -0.3 is 18.9 Å². The van der Waals surface area contributed by atoms with E-state index in [-0.39, 0.29) is 5.91 Å². The Hall–Kier alpha value is -2.05. The number of nitrogens with zero attached hydrogens (tertiary/aromatic N) is 3. The van der Waals surface area contributed by atoms with Gasteiger partial charge in [0.1, 0.15) is 11.4 Å². The normalized spacial score (nSPS) is 23.0. The van der Waals surface area contributed by atoms with E-state index in [1.54, 1.807) is 14.2 Å². The number of fused-ring (bicyclic) bond motifs is 5. The molecule has 3 saturated heterocycles. The summed E-state index contributed by atoms with van der Waals surface area (Å²) < 4.78 is 12.6. The lowest BCUT2D eigenvalue weighted by Gasteiger charge is -2.35. The van der Waals surface area contributed by atoms with E-state index in [4.69, 9.17) is 9.47 Å². The van der Waals surface area contributed by atoms with Gasteiger partial charge in [0.05, 0.1) is 19.2 Å². The fraction of sp³-hybridized carbons (Fsp3) is 0.571. The van der Waals surface area contributed by atoms with Crippen molar-refractivity contribution in [1.82, 2.24) is 14.4 Å². The molecule has 3 fully saturated rings. The summed E-state index contributed by atoms with van der Waals surface area (Å²) in [5, 5.41) is 1.07. The number of aromatic nitrogens is 1. The summed E-state index contributed by atoms with van der Waals surface area (Å²) in [5.74, 6) is 1.50. The second-order valence-corrected chi connectivity index (χ2v) is 7.81. The number of piperidine rings is 1. The average molecular weight is 371 g/mol. The minimum atomic E-state index is 0.137. The van der Waals surface area contributed by atoms with Gasteiger partial charge in [-0.15, -0.1) is 0 Å². The molecule has 0 radical (unpaired) electrons. The molecule has 0 aliphatic carbocycles. The molecule has 2 atom stereocenters. The van der Waals surface area contributed by atoms with Crippen LogP contribution in [0.5, 0.6) is 5.75 Å². The number of carbonyl (C=O) groups excluding carboxylic acids is 1. The highest BCUT2D eigenvalue weighted by Crippen LogP contribution is 2.30. The van der Waals surface area contributed by atoms with E-state index in [9.17, 15) is 4.79 Å². The van der Waals surface area contributed by atoms with Gasteiger partial charge in [0.25, 0.3) is 5.91 Å². The van der Waals surface area contributed by atoms with Crippen LogP contribution < -0.4 is 4.74 Å². The Bertz CT molecular complexity index is 831. The van der Waals surface area contributed by atoms with E-state index < -0.39 is 0 Å². The molecule has 1 amide bonds. The van der Waals surface area contributed by atoms with Crippen molar-refractivity contribution >= 4 is 16.8 Å². The van der Waals surface area contributed by atoms with Crippen molar-refractivity contribution in [3.63, 3.8) is 0 Å². The van der Waals surface area contributed by atoms with Crippen LogP contribution >= 0.6 is 0 Å². The fourth-order valence-electron chi connectivity index (χ4n) is 4.63. The van der Waals surface area contributed by atoms with Crippen LogP contribution in [0.1, 0.15) is 23.3 Å². The Morgan fingerprint density at radius 2 is 2.00 bits per heavy atom. The van der Waals surface area contributed by atoms with Gasteiger partial charge in [0.15, 0.2) is 0 Å². The average Bonchev–Trinajstić information content (AvgIpc) is 2.84. The lowest BCUT2D eigenvalue weighted by Crippen LogP contribution is -2.45. The Morgan fingerprint density at radius 1 is 1.15 bits per heavy atom. The number of benzene rings is 1. The van der Waals surface area contributed by atoms with E-state index in [2.05, 4.69) is 9.80 Å². The highest BCUT2D eigenvalue weighted by Gasteiger charge is 2.36. The molecule has 0 unspecified atom stereocenters. The molecule has 6 heteroatoms. The first-order valence-corrected chi connectivity index (χ1v) is 9.76. The van der Waals surface area contributed by atoms with Crippen LogP contribution in [0.15, 0.2) is 24.3 Å². The lowest BCUT2D eigenvalue weighted by molar-refractivity contribution is 0.0710. The molecule has 0 N–H and O–H groups in total. The SMILES string of the molecule is COCCN1C[C@@H]2CC[C@H]1CN(C(=O)c1cc3ccc(OC)cc3n1C)C2. The van der Waals surface area contributed by atoms with Crippen molar-refractivity contribution in [3.8, 4) is 5.75 Å². The highest BCUT2D eigenvalue weighted by atomic mass is 16.5. The zero-order valence-corrected chi connectivity index (χ0v) is 16.5. The van der Waals surface area contributed by atoms with E-state index >= 15 is 0 Å². The second kappa shape index (κ2) is 7.52. The third-order valence-electron chi connectivity index (χ3n) is 6.17. The zero-order valence-electron chi connectivity index (χ0n) is 16.5. The van der Waals surface area contributed by atoms with Gasteiger partial charge in [0.2, 0.25) is 0 Å². The van der Waals surface area contributed by atoms with Crippen LogP contribution in [-0.2, 0) is 11.8 Å². The maximum absolute atomic E-state index is 13.4. The molecule has 1 aromatic carbocycles. The van der Waals surface area contributed by atoms with Crippen molar-refractivity contribution in [2.45, 2.75) is 18.9 Å². The summed E-state index contributed by atoms with van der Waals surface area (Å²) in [6.07, 6.45) is 2.38. The zero-order chi connectivity index (χ0) is 19.0. The third kappa shape index (κ3) is 3.44. The van der Waals surface area contributed by atoms with Gasteiger partial charge in [-0.3, -0.25) is 9.69 Å². The van der Waals surface area contributed by atoms with Crippen LogP contribution in [0.3, 0.4) is 0 Å². The Kier molecular flexibility index (Phi) is 5.10. The summed E-state index contributed by atoms with van der Waals surface area (Å²) in [5.41, 5.74) is 1.78. The molecule has 146 valence electrons. The summed E-state index contributed by atoms with van der Waals surface area (Å²) in [6, 6.07) is 8.40. The van der Waals surface area contributed by atoms with Crippen LogP contribution in [0.4, 0.5) is 0 Å². The minimum absolute atomic E-state index is 0.137. The molecule has 4 heterocycles. The smallest absolute Gasteiger partial charge is 0.270 e.